The average Bonchev–Trinajstić information content (AvgIpc) is 2.79. The van der Waals surface area contributed by atoms with Gasteiger partial charge in [-0.2, -0.15) is 8.78 Å². The number of ether oxygens (including phenoxy) is 2. The van der Waals surface area contributed by atoms with Crippen molar-refractivity contribution in [3.8, 4) is 5.75 Å². The highest BCUT2D eigenvalue weighted by Crippen LogP contribution is 2.21. The van der Waals surface area contributed by atoms with E-state index in [1.807, 2.05) is 0 Å². The SMILES string of the molecule is Cn1c(=O)c(C(=O)COC(=O)c2ccccc2OC(F)F)c(N)n(Cc2ccccc2)c1=O. The molecule has 0 spiro atoms. The molecule has 0 amide bonds. The van der Waals surface area contributed by atoms with Gasteiger partial charge in [0, 0.05) is 7.05 Å². The molecule has 1 aromatic heterocycles. The summed E-state index contributed by atoms with van der Waals surface area (Å²) in [5.41, 5.74) is 4.14. The minimum absolute atomic E-state index is 0.00195. The Morgan fingerprint density at radius 3 is 2.33 bits per heavy atom. The minimum Gasteiger partial charge on any atom is -0.454 e. The van der Waals surface area contributed by atoms with Gasteiger partial charge in [0.1, 0.15) is 22.7 Å². The van der Waals surface area contributed by atoms with Crippen molar-refractivity contribution >= 4 is 17.6 Å². The summed E-state index contributed by atoms with van der Waals surface area (Å²) in [4.78, 5) is 50.1. The maximum Gasteiger partial charge on any atom is 0.387 e. The van der Waals surface area contributed by atoms with Crippen molar-refractivity contribution in [2.24, 2.45) is 7.05 Å². The van der Waals surface area contributed by atoms with Crippen LogP contribution < -0.4 is 21.7 Å². The van der Waals surface area contributed by atoms with Gasteiger partial charge >= 0.3 is 18.3 Å². The lowest BCUT2D eigenvalue weighted by Crippen LogP contribution is -2.43. The molecule has 3 rings (SSSR count). The number of nitrogens with two attached hydrogens (primary N) is 1. The predicted molar refractivity (Wildman–Crippen MR) is 114 cm³/mol. The number of anilines is 1. The molecule has 9 nitrogen and oxygen atoms in total. The number of Topliss-reactive ketones (excluding diaryl/α,β-unsaturated/α-hetero) is 1. The number of hydrogen-bond donors (Lipinski definition) is 1. The third-order valence-electron chi connectivity index (χ3n) is 4.70. The first kappa shape index (κ1) is 23.4. The number of rotatable bonds is 8. The van der Waals surface area contributed by atoms with Crippen LogP contribution in [0, 0.1) is 0 Å². The molecule has 0 atom stereocenters. The standard InChI is InChI=1S/C22H19F2N3O6/c1-26-19(29)17(18(25)27(22(26)31)11-13-7-3-2-4-8-13)15(28)12-32-20(30)14-9-5-6-10-16(14)33-21(23)24/h2-10,21H,11-12,25H2,1H3. The van der Waals surface area contributed by atoms with Gasteiger partial charge in [-0.25, -0.2) is 9.59 Å². The lowest BCUT2D eigenvalue weighted by Gasteiger charge is -2.15. The second-order valence-electron chi connectivity index (χ2n) is 6.85. The van der Waals surface area contributed by atoms with Crippen LogP contribution in [-0.2, 0) is 18.3 Å². The molecule has 0 aliphatic rings. The Kier molecular flexibility index (Phi) is 7.01. The number of alkyl halides is 2. The maximum absolute atomic E-state index is 12.7. The summed E-state index contributed by atoms with van der Waals surface area (Å²) in [6, 6.07) is 13.8. The van der Waals surface area contributed by atoms with Crippen molar-refractivity contribution in [1.29, 1.82) is 0 Å². The fraction of sp³-hybridized carbons (Fsp3) is 0.182. The second-order valence-corrected chi connectivity index (χ2v) is 6.85. The molecule has 0 unspecified atom stereocenters. The number of aromatic nitrogens is 2. The van der Waals surface area contributed by atoms with Crippen LogP contribution >= 0.6 is 0 Å². The van der Waals surface area contributed by atoms with Gasteiger partial charge in [-0.15, -0.1) is 0 Å². The highest BCUT2D eigenvalue weighted by atomic mass is 19.3. The lowest BCUT2D eigenvalue weighted by molar-refractivity contribution is -0.0504. The molecule has 172 valence electrons. The summed E-state index contributed by atoms with van der Waals surface area (Å²) in [7, 11) is 1.19. The topological polar surface area (TPSA) is 123 Å². The number of para-hydroxylation sites is 1. The lowest BCUT2D eigenvalue weighted by atomic mass is 10.1. The third kappa shape index (κ3) is 5.14. The third-order valence-corrected chi connectivity index (χ3v) is 4.70. The molecule has 0 aliphatic carbocycles. The van der Waals surface area contributed by atoms with E-state index in [1.165, 1.54) is 25.2 Å². The molecular weight excluding hydrogens is 440 g/mol. The number of benzene rings is 2. The fourth-order valence-corrected chi connectivity index (χ4v) is 3.08. The zero-order chi connectivity index (χ0) is 24.1. The van der Waals surface area contributed by atoms with Crippen LogP contribution in [-0.4, -0.2) is 34.1 Å². The fourth-order valence-electron chi connectivity index (χ4n) is 3.08. The predicted octanol–water partition coefficient (Wildman–Crippen LogP) is 1.82. The van der Waals surface area contributed by atoms with E-state index in [0.29, 0.717) is 5.56 Å². The molecule has 3 aromatic rings. The van der Waals surface area contributed by atoms with Crippen LogP contribution in [0.25, 0.3) is 0 Å². The van der Waals surface area contributed by atoms with Gasteiger partial charge in [0.2, 0.25) is 5.78 Å². The Bertz CT molecular complexity index is 1300. The summed E-state index contributed by atoms with van der Waals surface area (Å²) in [5, 5.41) is 0. The highest BCUT2D eigenvalue weighted by molar-refractivity contribution is 6.02. The van der Waals surface area contributed by atoms with Crippen molar-refractivity contribution in [1.82, 2.24) is 9.13 Å². The molecule has 11 heteroatoms. The molecule has 0 fully saturated rings. The number of halogens is 2. The van der Waals surface area contributed by atoms with E-state index < -0.39 is 47.5 Å². The van der Waals surface area contributed by atoms with Crippen molar-refractivity contribution in [3.63, 3.8) is 0 Å². The van der Waals surface area contributed by atoms with Crippen LogP contribution in [0.2, 0.25) is 0 Å². The number of nitrogens with zero attached hydrogens (tertiary/aromatic N) is 2. The summed E-state index contributed by atoms with van der Waals surface area (Å²) in [5.74, 6) is -2.89. The van der Waals surface area contributed by atoms with Crippen molar-refractivity contribution in [2.75, 3.05) is 12.3 Å². The normalized spacial score (nSPS) is 10.8. The first-order valence-corrected chi connectivity index (χ1v) is 9.58. The largest absolute Gasteiger partial charge is 0.454 e. The van der Waals surface area contributed by atoms with Crippen LogP contribution in [0.15, 0.2) is 64.2 Å². The van der Waals surface area contributed by atoms with E-state index in [0.717, 1.165) is 15.2 Å². The number of carbonyl (C=O) groups excluding carboxylic acids is 2. The van der Waals surface area contributed by atoms with Gasteiger partial charge in [-0.3, -0.25) is 18.7 Å². The van der Waals surface area contributed by atoms with Gasteiger partial charge in [0.25, 0.3) is 5.56 Å². The molecular formula is C22H19F2N3O6. The van der Waals surface area contributed by atoms with Crippen molar-refractivity contribution < 1.29 is 27.8 Å². The van der Waals surface area contributed by atoms with Gasteiger partial charge in [0.05, 0.1) is 6.54 Å². The van der Waals surface area contributed by atoms with Crippen molar-refractivity contribution in [3.05, 3.63) is 92.1 Å². The molecule has 2 N–H and O–H groups in total. The molecule has 1 heterocycles. The number of hydrogen-bond acceptors (Lipinski definition) is 7. The highest BCUT2D eigenvalue weighted by Gasteiger charge is 2.24. The molecule has 0 radical (unpaired) electrons. The number of esters is 1. The molecule has 2 aromatic carbocycles. The monoisotopic (exact) mass is 459 g/mol. The van der Waals surface area contributed by atoms with E-state index in [9.17, 15) is 28.0 Å². The Balaban J connectivity index is 1.87. The van der Waals surface area contributed by atoms with Gasteiger partial charge in [-0.1, -0.05) is 42.5 Å². The van der Waals surface area contributed by atoms with E-state index in [-0.39, 0.29) is 17.9 Å². The van der Waals surface area contributed by atoms with E-state index in [2.05, 4.69) is 4.74 Å². The molecule has 0 aliphatic heterocycles. The van der Waals surface area contributed by atoms with Gasteiger partial charge in [-0.05, 0) is 17.7 Å². The van der Waals surface area contributed by atoms with E-state index in [1.54, 1.807) is 30.3 Å². The first-order valence-electron chi connectivity index (χ1n) is 9.58. The van der Waals surface area contributed by atoms with Gasteiger partial charge < -0.3 is 15.2 Å². The molecule has 33 heavy (non-hydrogen) atoms. The summed E-state index contributed by atoms with van der Waals surface area (Å²) in [6.07, 6.45) is 0. The quantitative estimate of drug-likeness (QED) is 0.403. The summed E-state index contributed by atoms with van der Waals surface area (Å²) < 4.78 is 36.0. The van der Waals surface area contributed by atoms with Crippen molar-refractivity contribution in [2.45, 2.75) is 13.2 Å². The van der Waals surface area contributed by atoms with E-state index in [4.69, 9.17) is 10.5 Å². The first-order chi connectivity index (χ1) is 15.7. The smallest absolute Gasteiger partial charge is 0.387 e. The van der Waals surface area contributed by atoms with Crippen LogP contribution in [0.5, 0.6) is 5.75 Å². The zero-order valence-corrected chi connectivity index (χ0v) is 17.4. The number of nitrogen functional groups attached to an aromatic ring is 1. The molecule has 0 saturated heterocycles. The Morgan fingerprint density at radius 1 is 1.03 bits per heavy atom. The Hall–Kier alpha value is -4.28. The van der Waals surface area contributed by atoms with Gasteiger partial charge in [0.15, 0.2) is 6.61 Å². The Labute approximate surface area is 185 Å². The second kappa shape index (κ2) is 9.90. The zero-order valence-electron chi connectivity index (χ0n) is 17.4. The van der Waals surface area contributed by atoms with Crippen LogP contribution in [0.3, 0.4) is 0 Å². The Morgan fingerprint density at radius 2 is 1.67 bits per heavy atom. The van der Waals surface area contributed by atoms with Crippen LogP contribution in [0.1, 0.15) is 26.3 Å². The average molecular weight is 459 g/mol. The maximum atomic E-state index is 12.7. The minimum atomic E-state index is -3.17. The summed E-state index contributed by atoms with van der Waals surface area (Å²) >= 11 is 0. The number of carbonyl (C=O) groups is 2. The molecule has 0 saturated carbocycles. The summed E-state index contributed by atoms with van der Waals surface area (Å²) in [6.45, 7) is -4.09. The van der Waals surface area contributed by atoms with E-state index >= 15 is 0 Å². The van der Waals surface area contributed by atoms with Crippen LogP contribution in [0.4, 0.5) is 14.6 Å². The molecule has 0 bridgehead atoms. The number of ketones is 1.